The average molecular weight is 445 g/mol. The highest BCUT2D eigenvalue weighted by atomic mass is 32.2. The summed E-state index contributed by atoms with van der Waals surface area (Å²) >= 11 is 3.32. The summed E-state index contributed by atoms with van der Waals surface area (Å²) in [7, 11) is 0. The van der Waals surface area contributed by atoms with Crippen molar-refractivity contribution in [3.8, 4) is 11.5 Å². The predicted octanol–water partition coefficient (Wildman–Crippen LogP) is 5.32. The zero-order valence-electron chi connectivity index (χ0n) is 16.5. The van der Waals surface area contributed by atoms with Gasteiger partial charge in [0.1, 0.15) is 24.2 Å². The van der Waals surface area contributed by atoms with Crippen molar-refractivity contribution >= 4 is 29.5 Å². The summed E-state index contributed by atoms with van der Waals surface area (Å²) in [6, 6.07) is 15.8. The largest absolute Gasteiger partial charge is 0.462 e. The Bertz CT molecular complexity index is 853. The summed E-state index contributed by atoms with van der Waals surface area (Å²) in [6.07, 6.45) is 2.86. The average Bonchev–Trinajstić information content (AvgIpc) is 3.54. The first-order valence-electron chi connectivity index (χ1n) is 9.50. The minimum Gasteiger partial charge on any atom is -0.462 e. The fraction of sp³-hybridized carbons (Fsp3) is 0.261. The topological polar surface area (TPSA) is 57.3 Å². The van der Waals surface area contributed by atoms with E-state index in [1.807, 2.05) is 48.5 Å². The van der Waals surface area contributed by atoms with Crippen molar-refractivity contribution in [1.82, 2.24) is 0 Å². The third-order valence-corrected chi connectivity index (χ3v) is 5.91. The molecule has 0 spiro atoms. The van der Waals surface area contributed by atoms with Gasteiger partial charge in [0, 0.05) is 27.4 Å². The number of ether oxygens (including phenoxy) is 4. The van der Waals surface area contributed by atoms with Crippen LogP contribution in [0.4, 0.5) is 0 Å². The van der Waals surface area contributed by atoms with E-state index < -0.39 is 5.97 Å². The Balaban J connectivity index is 1.39. The molecule has 2 aromatic carbocycles. The second-order valence-corrected chi connectivity index (χ2v) is 8.53. The van der Waals surface area contributed by atoms with E-state index in [0.717, 1.165) is 33.1 Å². The number of carbonyl (C=O) groups excluding carboxylic acids is 1. The number of benzene rings is 2. The molecule has 0 bridgehead atoms. The van der Waals surface area contributed by atoms with E-state index in [9.17, 15) is 4.79 Å². The lowest BCUT2D eigenvalue weighted by molar-refractivity contribution is -0.137. The van der Waals surface area contributed by atoms with Gasteiger partial charge >= 0.3 is 5.97 Å². The van der Waals surface area contributed by atoms with Crippen LogP contribution in [-0.4, -0.2) is 43.1 Å². The summed E-state index contributed by atoms with van der Waals surface area (Å²) in [5.41, 5.74) is 0. The van der Waals surface area contributed by atoms with Gasteiger partial charge in [-0.15, -0.1) is 30.1 Å². The molecule has 2 aromatic rings. The van der Waals surface area contributed by atoms with Crippen LogP contribution in [0.2, 0.25) is 0 Å². The number of rotatable bonds is 13. The second kappa shape index (κ2) is 11.9. The van der Waals surface area contributed by atoms with Crippen LogP contribution in [0, 0.1) is 0 Å². The molecule has 3 rings (SSSR count). The number of carbonyl (C=O) groups is 1. The van der Waals surface area contributed by atoms with Crippen LogP contribution in [0.25, 0.3) is 0 Å². The normalized spacial score (nSPS) is 17.2. The van der Waals surface area contributed by atoms with Crippen LogP contribution in [0.3, 0.4) is 0 Å². The summed E-state index contributed by atoms with van der Waals surface area (Å²) in [5.74, 6) is 2.65. The second-order valence-electron chi connectivity index (χ2n) is 6.19. The van der Waals surface area contributed by atoms with Crippen molar-refractivity contribution in [2.75, 3.05) is 24.7 Å². The molecule has 1 fully saturated rings. The Hall–Kier alpha value is -2.19. The van der Waals surface area contributed by atoms with E-state index in [4.69, 9.17) is 18.9 Å². The number of esters is 1. The molecule has 158 valence electrons. The lowest BCUT2D eigenvalue weighted by Crippen LogP contribution is -2.03. The van der Waals surface area contributed by atoms with Crippen molar-refractivity contribution in [1.29, 1.82) is 0 Å². The zero-order chi connectivity index (χ0) is 21.2. The molecule has 0 amide bonds. The van der Waals surface area contributed by atoms with E-state index in [1.54, 1.807) is 29.6 Å². The highest BCUT2D eigenvalue weighted by Crippen LogP contribution is 2.29. The molecule has 30 heavy (non-hydrogen) atoms. The van der Waals surface area contributed by atoms with Gasteiger partial charge < -0.3 is 18.9 Å². The summed E-state index contributed by atoms with van der Waals surface area (Å²) < 4.78 is 21.8. The SMILES string of the molecule is C=CC(=O)OCCSc1cccc(Oc2ccc(SCCOC3OC3C=C)cc2)c1. The molecule has 1 saturated heterocycles. The van der Waals surface area contributed by atoms with Gasteiger partial charge in [0.25, 0.3) is 0 Å². The molecule has 5 nitrogen and oxygen atoms in total. The van der Waals surface area contributed by atoms with Crippen LogP contribution in [0.5, 0.6) is 11.5 Å². The molecule has 1 aliphatic rings. The Kier molecular flexibility index (Phi) is 8.89. The van der Waals surface area contributed by atoms with Gasteiger partial charge in [-0.2, -0.15) is 0 Å². The number of thioether (sulfide) groups is 2. The van der Waals surface area contributed by atoms with E-state index in [-0.39, 0.29) is 12.4 Å². The summed E-state index contributed by atoms with van der Waals surface area (Å²) in [5, 5.41) is 0. The lowest BCUT2D eigenvalue weighted by Gasteiger charge is -2.09. The number of epoxide rings is 1. The van der Waals surface area contributed by atoms with Gasteiger partial charge in [0.05, 0.1) is 6.61 Å². The maximum Gasteiger partial charge on any atom is 0.330 e. The first kappa shape index (κ1) is 22.5. The van der Waals surface area contributed by atoms with Gasteiger partial charge in [-0.1, -0.05) is 18.7 Å². The minimum absolute atomic E-state index is 0.0538. The van der Waals surface area contributed by atoms with Gasteiger partial charge in [0.2, 0.25) is 0 Å². The van der Waals surface area contributed by atoms with Crippen LogP contribution in [0.15, 0.2) is 83.6 Å². The lowest BCUT2D eigenvalue weighted by atomic mass is 10.3. The Labute approximate surface area is 185 Å². The zero-order valence-corrected chi connectivity index (χ0v) is 18.2. The number of hydrogen-bond donors (Lipinski definition) is 0. The molecule has 7 heteroatoms. The highest BCUT2D eigenvalue weighted by Gasteiger charge is 2.36. The van der Waals surface area contributed by atoms with Gasteiger partial charge in [-0.05, 0) is 42.5 Å². The molecular weight excluding hydrogens is 420 g/mol. The maximum absolute atomic E-state index is 11.0. The van der Waals surface area contributed by atoms with Crippen LogP contribution in [0.1, 0.15) is 0 Å². The third-order valence-electron chi connectivity index (χ3n) is 3.98. The van der Waals surface area contributed by atoms with Crippen molar-refractivity contribution in [3.05, 3.63) is 73.8 Å². The molecule has 1 aliphatic heterocycles. The van der Waals surface area contributed by atoms with Crippen LogP contribution < -0.4 is 4.74 Å². The van der Waals surface area contributed by atoms with Gasteiger partial charge in [0.15, 0.2) is 6.29 Å². The standard InChI is InChI=1S/C23H24O5S2/c1-3-21-23(28-21)26-13-15-29-19-10-8-17(9-11-19)27-18-6-5-7-20(16-18)30-14-12-25-22(24)4-2/h3-11,16,21,23H,1-2,12-15H2. The van der Waals surface area contributed by atoms with Crippen molar-refractivity contribution < 1.29 is 23.7 Å². The summed E-state index contributed by atoms with van der Waals surface area (Å²) in [6.45, 7) is 8.02. The van der Waals surface area contributed by atoms with Crippen molar-refractivity contribution in [3.63, 3.8) is 0 Å². The fourth-order valence-corrected chi connectivity index (χ4v) is 3.98. The quantitative estimate of drug-likeness (QED) is 0.103. The minimum atomic E-state index is -0.403. The van der Waals surface area contributed by atoms with Crippen molar-refractivity contribution in [2.24, 2.45) is 0 Å². The highest BCUT2D eigenvalue weighted by molar-refractivity contribution is 7.99. The molecule has 2 unspecified atom stereocenters. The third kappa shape index (κ3) is 7.57. The van der Waals surface area contributed by atoms with Crippen LogP contribution in [-0.2, 0) is 19.0 Å². The molecule has 1 heterocycles. The van der Waals surface area contributed by atoms with Gasteiger partial charge in [-0.3, -0.25) is 0 Å². The molecule has 0 radical (unpaired) electrons. The van der Waals surface area contributed by atoms with E-state index in [2.05, 4.69) is 13.2 Å². The Morgan fingerprint density at radius 1 is 1.00 bits per heavy atom. The molecule has 2 atom stereocenters. The first-order valence-corrected chi connectivity index (χ1v) is 11.5. The van der Waals surface area contributed by atoms with Gasteiger partial charge in [-0.25, -0.2) is 4.79 Å². The molecule has 0 aliphatic carbocycles. The van der Waals surface area contributed by atoms with Crippen molar-refractivity contribution in [2.45, 2.75) is 22.2 Å². The maximum atomic E-state index is 11.0. The molecule has 0 saturated carbocycles. The molecule has 0 aromatic heterocycles. The molecule has 0 N–H and O–H groups in total. The monoisotopic (exact) mass is 444 g/mol. The van der Waals surface area contributed by atoms with E-state index in [0.29, 0.717) is 19.0 Å². The Morgan fingerprint density at radius 3 is 2.50 bits per heavy atom. The fourth-order valence-electron chi connectivity index (χ4n) is 2.46. The summed E-state index contributed by atoms with van der Waals surface area (Å²) in [4.78, 5) is 13.2. The number of hydrogen-bond acceptors (Lipinski definition) is 7. The van der Waals surface area contributed by atoms with Crippen LogP contribution >= 0.6 is 23.5 Å². The first-order chi connectivity index (χ1) is 14.7. The smallest absolute Gasteiger partial charge is 0.330 e. The van der Waals surface area contributed by atoms with E-state index in [1.165, 1.54) is 0 Å². The van der Waals surface area contributed by atoms with E-state index >= 15 is 0 Å². The molecular formula is C23H24O5S2. The Morgan fingerprint density at radius 2 is 1.77 bits per heavy atom. The predicted molar refractivity (Wildman–Crippen MR) is 120 cm³/mol.